The van der Waals surface area contributed by atoms with E-state index in [0.29, 0.717) is 29.6 Å². The van der Waals surface area contributed by atoms with E-state index in [4.69, 9.17) is 10.5 Å². The van der Waals surface area contributed by atoms with Crippen LogP contribution in [0, 0.1) is 17.0 Å². The van der Waals surface area contributed by atoms with Gasteiger partial charge < -0.3 is 15.5 Å². The lowest BCUT2D eigenvalue weighted by molar-refractivity contribution is -0.159. The number of methoxy groups -OCH3 is 1. The third kappa shape index (κ3) is 3.43. The van der Waals surface area contributed by atoms with Gasteiger partial charge in [0, 0.05) is 42.3 Å². The Kier molecular flexibility index (Phi) is 4.96. The highest BCUT2D eigenvalue weighted by Gasteiger charge is 2.61. The fourth-order valence-corrected chi connectivity index (χ4v) is 5.94. The molecule has 1 amide bonds. The molecule has 2 heterocycles. The minimum absolute atomic E-state index is 0.0311. The van der Waals surface area contributed by atoms with Gasteiger partial charge in [-0.3, -0.25) is 14.6 Å². The molecule has 3 aromatic rings. The molecule has 2 saturated carbocycles. The summed E-state index contributed by atoms with van der Waals surface area (Å²) < 4.78 is 61.4. The second kappa shape index (κ2) is 7.54. The zero-order valence-electron chi connectivity index (χ0n) is 18.1. The number of rotatable bonds is 4. The van der Waals surface area contributed by atoms with Crippen LogP contribution in [-0.2, 0) is 0 Å². The van der Waals surface area contributed by atoms with Gasteiger partial charge in [0.15, 0.2) is 17.0 Å². The summed E-state index contributed by atoms with van der Waals surface area (Å²) in [4.78, 5) is 31.7. The number of nitrogens with one attached hydrogen (secondary N) is 1. The fourth-order valence-electron chi connectivity index (χ4n) is 5.94. The topological polar surface area (TPSA) is 98.1 Å². The maximum Gasteiger partial charge on any atom is 0.268 e. The molecule has 1 spiro atoms. The minimum atomic E-state index is -2.78. The highest BCUT2D eigenvalue weighted by atomic mass is 19.3. The Hall–Kier alpha value is -3.43. The largest absolute Gasteiger partial charge is 0.493 e. The number of aromatic amines is 1. The molecule has 2 aliphatic rings. The van der Waals surface area contributed by atoms with Crippen molar-refractivity contribution in [3.8, 4) is 5.75 Å². The number of nitrogens with zero attached hydrogens (tertiary/aromatic N) is 1. The Labute approximate surface area is 191 Å². The number of fused-ring (bicyclic) bond motifs is 1. The van der Waals surface area contributed by atoms with Crippen LogP contribution >= 0.6 is 0 Å². The van der Waals surface area contributed by atoms with Crippen LogP contribution in [0.3, 0.4) is 0 Å². The monoisotopic (exact) mass is 475 g/mol. The molecule has 0 radical (unpaired) electrons. The van der Waals surface area contributed by atoms with Crippen LogP contribution in [0.4, 0.5) is 17.6 Å². The molecule has 2 atom stereocenters. The molecule has 0 saturated heterocycles. The first-order valence-electron chi connectivity index (χ1n) is 10.8. The van der Waals surface area contributed by atoms with Crippen LogP contribution in [-0.4, -0.2) is 28.9 Å². The van der Waals surface area contributed by atoms with Gasteiger partial charge in [-0.2, -0.15) is 4.39 Å². The predicted molar refractivity (Wildman–Crippen MR) is 115 cm³/mol. The van der Waals surface area contributed by atoms with Gasteiger partial charge in [-0.15, -0.1) is 0 Å². The molecular formula is C24H21F4N3O3. The van der Waals surface area contributed by atoms with E-state index in [-0.39, 0.29) is 29.7 Å². The van der Waals surface area contributed by atoms with E-state index in [1.165, 1.54) is 31.5 Å². The first kappa shape index (κ1) is 22.4. The number of pyridine rings is 2. The van der Waals surface area contributed by atoms with Crippen LogP contribution in [0.2, 0.25) is 0 Å². The SMILES string of the molecule is COc1c([C@@H]2CC3(CC2c2cc(=O)c4c(C(N)=O)nccc4[nH]2)CC(F)(F)C3)ccc(F)c1F. The van der Waals surface area contributed by atoms with Crippen LogP contribution in [0.25, 0.3) is 10.9 Å². The normalized spacial score (nSPS) is 22.6. The summed E-state index contributed by atoms with van der Waals surface area (Å²) in [5, 5.41) is 0.0311. The number of carbonyl (C=O) groups excluding carboxylic acids is 1. The molecular weight excluding hydrogens is 454 g/mol. The second-order valence-corrected chi connectivity index (χ2v) is 9.35. The molecule has 2 fully saturated rings. The summed E-state index contributed by atoms with van der Waals surface area (Å²) in [7, 11) is 1.22. The first-order valence-corrected chi connectivity index (χ1v) is 10.8. The van der Waals surface area contributed by atoms with Gasteiger partial charge >= 0.3 is 0 Å². The summed E-state index contributed by atoms with van der Waals surface area (Å²) in [6.07, 6.45) is 1.34. The number of amides is 1. The number of aromatic nitrogens is 2. The van der Waals surface area contributed by atoms with Crippen LogP contribution in [0.1, 0.15) is 59.3 Å². The standard InChI is InChI=1S/C24H21F4N3O3/c1-34-21-11(2-3-14(25)19(21)26)12-7-23(9-24(27,28)10-23)8-13(12)16-6-17(32)18-15(31-16)4-5-30-20(18)22(29)33/h2-6,12-13H,7-10H2,1H3,(H2,29,33)(H,31,32)/t12-,13?/m0/s1. The molecule has 6 nitrogen and oxygen atoms in total. The number of alkyl halides is 2. The quantitative estimate of drug-likeness (QED) is 0.547. The Morgan fingerprint density at radius 3 is 2.53 bits per heavy atom. The first-order chi connectivity index (χ1) is 16.0. The lowest BCUT2D eigenvalue weighted by Gasteiger charge is -2.45. The van der Waals surface area contributed by atoms with E-state index < -0.39 is 46.1 Å². The number of primary amides is 1. The summed E-state index contributed by atoms with van der Waals surface area (Å²) in [5.41, 5.74) is 5.10. The van der Waals surface area contributed by atoms with Crippen LogP contribution < -0.4 is 15.9 Å². The molecule has 2 aromatic heterocycles. The van der Waals surface area contributed by atoms with Gasteiger partial charge in [-0.05, 0) is 36.3 Å². The Balaban J connectivity index is 1.66. The van der Waals surface area contributed by atoms with Crippen molar-refractivity contribution in [1.82, 2.24) is 9.97 Å². The van der Waals surface area contributed by atoms with E-state index in [2.05, 4.69) is 9.97 Å². The van der Waals surface area contributed by atoms with E-state index >= 15 is 0 Å². The molecule has 0 aliphatic heterocycles. The number of H-pyrrole nitrogens is 1. The number of hydrogen-bond donors (Lipinski definition) is 2. The molecule has 10 heteroatoms. The van der Waals surface area contributed by atoms with Crippen molar-refractivity contribution in [3.05, 3.63) is 69.3 Å². The molecule has 1 aromatic carbocycles. The number of halogens is 4. The zero-order valence-corrected chi connectivity index (χ0v) is 18.1. The summed E-state index contributed by atoms with van der Waals surface area (Å²) in [6, 6.07) is 5.20. The Morgan fingerprint density at radius 2 is 1.88 bits per heavy atom. The molecule has 2 aliphatic carbocycles. The average Bonchev–Trinajstić information content (AvgIpc) is 3.13. The third-order valence-corrected chi connectivity index (χ3v) is 7.14. The van der Waals surface area contributed by atoms with Gasteiger partial charge in [0.05, 0.1) is 18.0 Å². The Bertz CT molecular complexity index is 1380. The van der Waals surface area contributed by atoms with Crippen LogP contribution in [0.15, 0.2) is 35.3 Å². The summed E-state index contributed by atoms with van der Waals surface area (Å²) >= 11 is 0. The van der Waals surface area contributed by atoms with Gasteiger partial charge in [-0.25, -0.2) is 13.2 Å². The molecule has 5 rings (SSSR count). The smallest absolute Gasteiger partial charge is 0.268 e. The number of benzene rings is 1. The lowest BCUT2D eigenvalue weighted by atomic mass is 9.64. The number of ether oxygens (including phenoxy) is 1. The molecule has 34 heavy (non-hydrogen) atoms. The van der Waals surface area contributed by atoms with Gasteiger partial charge in [0.25, 0.3) is 5.91 Å². The van der Waals surface area contributed by atoms with Crippen molar-refractivity contribution >= 4 is 16.8 Å². The number of carbonyl (C=O) groups is 1. The highest BCUT2D eigenvalue weighted by Crippen LogP contribution is 2.67. The molecule has 0 bridgehead atoms. The zero-order chi connectivity index (χ0) is 24.4. The average molecular weight is 475 g/mol. The molecule has 3 N–H and O–H groups in total. The van der Waals surface area contributed by atoms with Gasteiger partial charge in [0.2, 0.25) is 11.7 Å². The van der Waals surface area contributed by atoms with Gasteiger partial charge in [0.1, 0.15) is 5.69 Å². The fraction of sp³-hybridized carbons (Fsp3) is 0.375. The lowest BCUT2D eigenvalue weighted by Crippen LogP contribution is -2.44. The van der Waals surface area contributed by atoms with E-state index in [9.17, 15) is 27.2 Å². The third-order valence-electron chi connectivity index (χ3n) is 7.14. The second-order valence-electron chi connectivity index (χ2n) is 9.35. The van der Waals surface area contributed by atoms with E-state index in [0.717, 1.165) is 6.07 Å². The number of hydrogen-bond acceptors (Lipinski definition) is 4. The highest BCUT2D eigenvalue weighted by molar-refractivity contribution is 6.03. The van der Waals surface area contributed by atoms with Crippen molar-refractivity contribution in [2.24, 2.45) is 11.1 Å². The maximum atomic E-state index is 14.5. The van der Waals surface area contributed by atoms with Crippen LogP contribution in [0.5, 0.6) is 5.75 Å². The number of nitrogens with two attached hydrogens (primary N) is 1. The van der Waals surface area contributed by atoms with E-state index in [1.807, 2.05) is 0 Å². The Morgan fingerprint density at radius 1 is 1.18 bits per heavy atom. The minimum Gasteiger partial charge on any atom is -0.493 e. The summed E-state index contributed by atoms with van der Waals surface area (Å²) in [5.74, 6) is -7.13. The molecule has 1 unspecified atom stereocenters. The van der Waals surface area contributed by atoms with Gasteiger partial charge in [-0.1, -0.05) is 6.07 Å². The van der Waals surface area contributed by atoms with Crippen molar-refractivity contribution < 1.29 is 27.1 Å². The predicted octanol–water partition coefficient (Wildman–Crippen LogP) is 4.39. The van der Waals surface area contributed by atoms with Crippen molar-refractivity contribution in [3.63, 3.8) is 0 Å². The van der Waals surface area contributed by atoms with Crippen molar-refractivity contribution in [2.45, 2.75) is 43.4 Å². The van der Waals surface area contributed by atoms with Crippen molar-refractivity contribution in [2.75, 3.05) is 7.11 Å². The van der Waals surface area contributed by atoms with E-state index in [1.54, 1.807) is 0 Å². The van der Waals surface area contributed by atoms with Crippen molar-refractivity contribution in [1.29, 1.82) is 0 Å². The maximum absolute atomic E-state index is 14.5. The molecule has 178 valence electrons. The summed E-state index contributed by atoms with van der Waals surface area (Å²) in [6.45, 7) is 0.